The first-order valence-corrected chi connectivity index (χ1v) is 7.16. The van der Waals surface area contributed by atoms with E-state index in [0.717, 1.165) is 16.7 Å². The number of aliphatic carboxylic acids is 1. The molecule has 0 aromatic heterocycles. The van der Waals surface area contributed by atoms with Crippen molar-refractivity contribution in [2.24, 2.45) is 5.41 Å². The third-order valence-corrected chi connectivity index (χ3v) is 3.65. The first-order valence-electron chi connectivity index (χ1n) is 7.16. The topological polar surface area (TPSA) is 74.6 Å². The van der Waals surface area contributed by atoms with Crippen LogP contribution in [0.4, 0.5) is 0 Å². The van der Waals surface area contributed by atoms with Gasteiger partial charge in [-0.15, -0.1) is 0 Å². The lowest BCUT2D eigenvalue weighted by atomic mass is 9.78. The zero-order chi connectivity index (χ0) is 16.5. The smallest absolute Gasteiger partial charge is 0.335 e. The highest BCUT2D eigenvalue weighted by Crippen LogP contribution is 2.34. The zero-order valence-electron chi connectivity index (χ0n) is 13.0. The Labute approximate surface area is 129 Å². The first kappa shape index (κ1) is 16.0. The van der Waals surface area contributed by atoms with Gasteiger partial charge in [0.05, 0.1) is 5.56 Å². The van der Waals surface area contributed by atoms with E-state index in [2.05, 4.69) is 6.08 Å². The lowest BCUT2D eigenvalue weighted by Crippen LogP contribution is -2.18. The van der Waals surface area contributed by atoms with Crippen molar-refractivity contribution in [1.29, 1.82) is 0 Å². The number of carbonyl (C=O) groups is 2. The maximum absolute atomic E-state index is 11.3. The SMILES string of the molecule is Cc1cc(CC2=CC(C)(C)CC(C(=O)O)=C2)cc(C(=O)O)c1. The maximum Gasteiger partial charge on any atom is 0.335 e. The summed E-state index contributed by atoms with van der Waals surface area (Å²) in [5.41, 5.74) is 3.12. The van der Waals surface area contributed by atoms with Gasteiger partial charge in [-0.05, 0) is 60.1 Å². The van der Waals surface area contributed by atoms with Gasteiger partial charge in [-0.25, -0.2) is 9.59 Å². The Bertz CT molecular complexity index is 693. The number of hydrogen-bond donors (Lipinski definition) is 2. The minimum Gasteiger partial charge on any atom is -0.478 e. The molecule has 0 aliphatic heterocycles. The second kappa shape index (κ2) is 5.79. The summed E-state index contributed by atoms with van der Waals surface area (Å²) >= 11 is 0. The van der Waals surface area contributed by atoms with Crippen LogP contribution in [0.2, 0.25) is 0 Å². The molecule has 0 fully saturated rings. The molecule has 1 aromatic rings. The minimum atomic E-state index is -0.954. The lowest BCUT2D eigenvalue weighted by molar-refractivity contribution is -0.133. The molecule has 2 rings (SSSR count). The lowest BCUT2D eigenvalue weighted by Gasteiger charge is -2.26. The molecule has 4 heteroatoms. The summed E-state index contributed by atoms with van der Waals surface area (Å²) in [6.45, 7) is 5.86. The molecule has 4 nitrogen and oxygen atoms in total. The number of carboxylic acid groups (broad SMARTS) is 2. The molecule has 0 unspecified atom stereocenters. The molecule has 1 aliphatic carbocycles. The third kappa shape index (κ3) is 3.85. The van der Waals surface area contributed by atoms with Gasteiger partial charge in [0.1, 0.15) is 0 Å². The van der Waals surface area contributed by atoms with Crippen LogP contribution in [0.5, 0.6) is 0 Å². The highest BCUT2D eigenvalue weighted by molar-refractivity contribution is 5.88. The van der Waals surface area contributed by atoms with Crippen LogP contribution in [0.25, 0.3) is 0 Å². The van der Waals surface area contributed by atoms with Crippen molar-refractivity contribution in [2.75, 3.05) is 0 Å². The molecule has 22 heavy (non-hydrogen) atoms. The normalized spacial score (nSPS) is 16.7. The second-order valence-corrected chi connectivity index (χ2v) is 6.55. The Morgan fingerprint density at radius 3 is 2.41 bits per heavy atom. The Balaban J connectivity index is 2.35. The maximum atomic E-state index is 11.3. The van der Waals surface area contributed by atoms with E-state index in [9.17, 15) is 14.7 Å². The molecular weight excluding hydrogens is 280 g/mol. The summed E-state index contributed by atoms with van der Waals surface area (Å²) in [6, 6.07) is 5.21. The number of allylic oxidation sites excluding steroid dienone is 3. The Kier molecular flexibility index (Phi) is 4.22. The minimum absolute atomic E-state index is 0.211. The van der Waals surface area contributed by atoms with Crippen molar-refractivity contribution in [1.82, 2.24) is 0 Å². The van der Waals surface area contributed by atoms with Gasteiger partial charge >= 0.3 is 11.9 Å². The second-order valence-electron chi connectivity index (χ2n) is 6.55. The van der Waals surface area contributed by atoms with Gasteiger partial charge in [0.2, 0.25) is 0 Å². The van der Waals surface area contributed by atoms with Gasteiger partial charge in [0.25, 0.3) is 0 Å². The number of benzene rings is 1. The predicted octanol–water partition coefficient (Wildman–Crippen LogP) is 3.60. The summed E-state index contributed by atoms with van der Waals surface area (Å²) in [5, 5.41) is 18.4. The van der Waals surface area contributed by atoms with Gasteiger partial charge in [0, 0.05) is 5.57 Å². The molecule has 1 aliphatic rings. The van der Waals surface area contributed by atoms with Crippen LogP contribution in [0.15, 0.2) is 41.5 Å². The largest absolute Gasteiger partial charge is 0.478 e. The molecule has 2 N–H and O–H groups in total. The fourth-order valence-electron chi connectivity index (χ4n) is 2.92. The van der Waals surface area contributed by atoms with E-state index < -0.39 is 11.9 Å². The highest BCUT2D eigenvalue weighted by atomic mass is 16.4. The van der Waals surface area contributed by atoms with Crippen LogP contribution in [-0.4, -0.2) is 22.2 Å². The van der Waals surface area contributed by atoms with Crippen molar-refractivity contribution in [3.63, 3.8) is 0 Å². The van der Waals surface area contributed by atoms with Crippen LogP contribution in [0.3, 0.4) is 0 Å². The fourth-order valence-corrected chi connectivity index (χ4v) is 2.92. The number of hydrogen-bond acceptors (Lipinski definition) is 2. The van der Waals surface area contributed by atoms with Crippen LogP contribution >= 0.6 is 0 Å². The molecule has 0 bridgehead atoms. The molecule has 0 radical (unpaired) electrons. The van der Waals surface area contributed by atoms with E-state index in [0.29, 0.717) is 18.4 Å². The molecule has 1 aromatic carbocycles. The number of rotatable bonds is 4. The first-order chi connectivity index (χ1) is 10.2. The molecule has 116 valence electrons. The van der Waals surface area contributed by atoms with Crippen molar-refractivity contribution in [3.05, 3.63) is 58.2 Å². The van der Waals surface area contributed by atoms with E-state index in [4.69, 9.17) is 5.11 Å². The Morgan fingerprint density at radius 1 is 1.14 bits per heavy atom. The standard InChI is InChI=1S/C18H20O4/c1-11-4-12(7-14(5-11)16(19)20)6-13-8-15(17(21)22)10-18(2,3)9-13/h4-5,7-9H,6,10H2,1-3H3,(H,19,20)(H,21,22). The molecule has 0 saturated carbocycles. The van der Waals surface area contributed by atoms with Crippen molar-refractivity contribution in [3.8, 4) is 0 Å². The summed E-state index contributed by atoms with van der Waals surface area (Å²) in [4.78, 5) is 22.4. The predicted molar refractivity (Wildman–Crippen MR) is 84.0 cm³/mol. The monoisotopic (exact) mass is 300 g/mol. The Hall–Kier alpha value is -2.36. The van der Waals surface area contributed by atoms with Gasteiger partial charge < -0.3 is 10.2 Å². The van der Waals surface area contributed by atoms with E-state index in [1.807, 2.05) is 26.8 Å². The Morgan fingerprint density at radius 2 is 1.82 bits per heavy atom. The molecule has 0 saturated heterocycles. The fraction of sp³-hybridized carbons (Fsp3) is 0.333. The van der Waals surface area contributed by atoms with E-state index in [1.165, 1.54) is 0 Å². The van der Waals surface area contributed by atoms with E-state index in [1.54, 1.807) is 18.2 Å². The molecular formula is C18H20O4. The van der Waals surface area contributed by atoms with Crippen LogP contribution in [0, 0.1) is 12.3 Å². The van der Waals surface area contributed by atoms with E-state index >= 15 is 0 Å². The number of aromatic carboxylic acids is 1. The molecule has 0 atom stereocenters. The summed E-state index contributed by atoms with van der Waals surface area (Å²) in [7, 11) is 0. The average Bonchev–Trinajstić information content (AvgIpc) is 2.35. The molecule has 0 amide bonds. The zero-order valence-corrected chi connectivity index (χ0v) is 13.0. The van der Waals surface area contributed by atoms with Gasteiger partial charge in [-0.3, -0.25) is 0 Å². The summed E-state index contributed by atoms with van der Waals surface area (Å²) < 4.78 is 0. The van der Waals surface area contributed by atoms with Gasteiger partial charge in [-0.2, -0.15) is 0 Å². The van der Waals surface area contributed by atoms with Crippen LogP contribution < -0.4 is 0 Å². The quantitative estimate of drug-likeness (QED) is 0.891. The summed E-state index contributed by atoms with van der Waals surface area (Å²) in [5.74, 6) is -1.85. The van der Waals surface area contributed by atoms with Crippen LogP contribution in [0.1, 0.15) is 41.8 Å². The third-order valence-electron chi connectivity index (χ3n) is 3.65. The van der Waals surface area contributed by atoms with Crippen molar-refractivity contribution >= 4 is 11.9 Å². The summed E-state index contributed by atoms with van der Waals surface area (Å²) in [6.07, 6.45) is 4.81. The van der Waals surface area contributed by atoms with Gasteiger partial charge in [-0.1, -0.05) is 26.0 Å². The van der Waals surface area contributed by atoms with Crippen molar-refractivity contribution < 1.29 is 19.8 Å². The average molecular weight is 300 g/mol. The number of aryl methyl sites for hydroxylation is 1. The van der Waals surface area contributed by atoms with Crippen molar-refractivity contribution in [2.45, 2.75) is 33.6 Å². The van der Waals surface area contributed by atoms with Gasteiger partial charge in [0.15, 0.2) is 0 Å². The van der Waals surface area contributed by atoms with Crippen LogP contribution in [-0.2, 0) is 11.2 Å². The number of carboxylic acids is 2. The van der Waals surface area contributed by atoms with E-state index in [-0.39, 0.29) is 11.0 Å². The molecule has 0 spiro atoms. The highest BCUT2D eigenvalue weighted by Gasteiger charge is 2.25. The molecule has 0 heterocycles.